The fraction of sp³-hybridized carbons (Fsp3) is 0.125. The van der Waals surface area contributed by atoms with Crippen molar-refractivity contribution in [1.82, 2.24) is 0 Å². The van der Waals surface area contributed by atoms with E-state index in [1.54, 1.807) is 0 Å². The lowest BCUT2D eigenvalue weighted by molar-refractivity contribution is -0.137. The molecule has 0 heterocycles. The summed E-state index contributed by atoms with van der Waals surface area (Å²) >= 11 is 0. The summed E-state index contributed by atoms with van der Waals surface area (Å²) in [6.07, 6.45) is -3.16. The van der Waals surface area contributed by atoms with Gasteiger partial charge in [0.15, 0.2) is 0 Å². The highest BCUT2D eigenvalue weighted by molar-refractivity contribution is 5.79. The molecule has 0 saturated heterocycles. The summed E-state index contributed by atoms with van der Waals surface area (Å²) in [6.45, 7) is 0. The average molecular weight is 188 g/mol. The molecule has 1 aromatic rings. The minimum Gasteiger partial charge on any atom is -0.323 e. The van der Waals surface area contributed by atoms with Crippen LogP contribution < -0.4 is 5.84 Å². The van der Waals surface area contributed by atoms with E-state index < -0.39 is 11.7 Å². The van der Waals surface area contributed by atoms with Crippen LogP contribution in [0.1, 0.15) is 11.1 Å². The van der Waals surface area contributed by atoms with Crippen LogP contribution in [-0.2, 0) is 6.18 Å². The summed E-state index contributed by atoms with van der Waals surface area (Å²) in [5.41, 5.74) is -0.373. The predicted molar refractivity (Wildman–Crippen MR) is 43.2 cm³/mol. The SMILES string of the molecule is N/N=C\c1cccc(C(F)(F)F)c1. The molecule has 0 saturated carbocycles. The highest BCUT2D eigenvalue weighted by Gasteiger charge is 2.30. The van der Waals surface area contributed by atoms with Crippen LogP contribution >= 0.6 is 0 Å². The van der Waals surface area contributed by atoms with E-state index in [4.69, 9.17) is 5.84 Å². The van der Waals surface area contributed by atoms with Gasteiger partial charge in [0.1, 0.15) is 0 Å². The average Bonchev–Trinajstić information content (AvgIpc) is 2.04. The standard InChI is InChI=1S/C8H7F3N2/c9-8(10,11)7-3-1-2-6(4-7)5-13-12/h1-5H,12H2/b13-5-. The Kier molecular flexibility index (Phi) is 2.55. The van der Waals surface area contributed by atoms with Gasteiger partial charge in [-0.2, -0.15) is 18.3 Å². The van der Waals surface area contributed by atoms with Crippen LogP contribution in [-0.4, -0.2) is 6.21 Å². The second kappa shape index (κ2) is 3.47. The maximum absolute atomic E-state index is 12.1. The van der Waals surface area contributed by atoms with E-state index in [0.717, 1.165) is 18.3 Å². The van der Waals surface area contributed by atoms with Crippen molar-refractivity contribution in [2.45, 2.75) is 6.18 Å². The summed E-state index contributed by atoms with van der Waals surface area (Å²) in [7, 11) is 0. The minimum absolute atomic E-state index is 0.331. The quantitative estimate of drug-likeness (QED) is 0.408. The number of alkyl halides is 3. The topological polar surface area (TPSA) is 38.4 Å². The summed E-state index contributed by atoms with van der Waals surface area (Å²) in [5.74, 6) is 4.81. The van der Waals surface area contributed by atoms with E-state index in [0.29, 0.717) is 5.56 Å². The van der Waals surface area contributed by atoms with Crippen molar-refractivity contribution in [3.05, 3.63) is 35.4 Å². The van der Waals surface area contributed by atoms with Crippen LogP contribution in [0.15, 0.2) is 29.4 Å². The number of halogens is 3. The second-order valence-corrected chi connectivity index (χ2v) is 2.40. The molecule has 2 N–H and O–H groups in total. The first kappa shape index (κ1) is 9.57. The molecule has 0 atom stereocenters. The van der Waals surface area contributed by atoms with Crippen LogP contribution in [0.3, 0.4) is 0 Å². The van der Waals surface area contributed by atoms with E-state index in [1.165, 1.54) is 12.1 Å². The Morgan fingerprint density at radius 3 is 2.54 bits per heavy atom. The Bertz CT molecular complexity index is 317. The molecule has 0 bridgehead atoms. The zero-order chi connectivity index (χ0) is 9.90. The lowest BCUT2D eigenvalue weighted by Crippen LogP contribution is -2.05. The molecule has 1 rings (SSSR count). The van der Waals surface area contributed by atoms with Gasteiger partial charge >= 0.3 is 6.18 Å². The molecule has 13 heavy (non-hydrogen) atoms. The molecule has 0 radical (unpaired) electrons. The number of rotatable bonds is 1. The van der Waals surface area contributed by atoms with Crippen molar-refractivity contribution in [3.8, 4) is 0 Å². The molecule has 1 aromatic carbocycles. The highest BCUT2D eigenvalue weighted by Crippen LogP contribution is 2.29. The Hall–Kier alpha value is -1.52. The number of hydrogen-bond acceptors (Lipinski definition) is 2. The van der Waals surface area contributed by atoms with Crippen LogP contribution in [0, 0.1) is 0 Å². The van der Waals surface area contributed by atoms with E-state index in [9.17, 15) is 13.2 Å². The Morgan fingerprint density at radius 1 is 1.31 bits per heavy atom. The molecule has 70 valence electrons. The van der Waals surface area contributed by atoms with Gasteiger partial charge in [-0.05, 0) is 17.7 Å². The third kappa shape index (κ3) is 2.47. The predicted octanol–water partition coefficient (Wildman–Crippen LogP) is 2.00. The lowest BCUT2D eigenvalue weighted by Gasteiger charge is -2.05. The number of benzene rings is 1. The molecule has 5 heteroatoms. The van der Waals surface area contributed by atoms with Gasteiger partial charge in [0, 0.05) is 0 Å². The van der Waals surface area contributed by atoms with Gasteiger partial charge in [-0.3, -0.25) is 0 Å². The van der Waals surface area contributed by atoms with Gasteiger partial charge in [0.05, 0.1) is 11.8 Å². The Balaban J connectivity index is 3.05. The summed E-state index contributed by atoms with van der Waals surface area (Å²) < 4.78 is 36.4. The molecule has 0 spiro atoms. The molecule has 0 unspecified atom stereocenters. The van der Waals surface area contributed by atoms with E-state index >= 15 is 0 Å². The molecule has 0 aromatic heterocycles. The second-order valence-electron chi connectivity index (χ2n) is 2.40. The van der Waals surface area contributed by atoms with E-state index in [-0.39, 0.29) is 0 Å². The van der Waals surface area contributed by atoms with Crippen molar-refractivity contribution in [2.24, 2.45) is 10.9 Å². The van der Waals surface area contributed by atoms with Gasteiger partial charge in [-0.1, -0.05) is 12.1 Å². The third-order valence-electron chi connectivity index (χ3n) is 1.44. The van der Waals surface area contributed by atoms with E-state index in [2.05, 4.69) is 5.10 Å². The van der Waals surface area contributed by atoms with Gasteiger partial charge in [0.25, 0.3) is 0 Å². The fourth-order valence-corrected chi connectivity index (χ4v) is 0.881. The zero-order valence-corrected chi connectivity index (χ0v) is 6.55. The van der Waals surface area contributed by atoms with Crippen molar-refractivity contribution in [3.63, 3.8) is 0 Å². The Labute approximate surface area is 72.9 Å². The number of nitrogens with zero attached hydrogens (tertiary/aromatic N) is 1. The molecular weight excluding hydrogens is 181 g/mol. The van der Waals surface area contributed by atoms with Crippen molar-refractivity contribution >= 4 is 6.21 Å². The largest absolute Gasteiger partial charge is 0.416 e. The monoisotopic (exact) mass is 188 g/mol. The van der Waals surface area contributed by atoms with Gasteiger partial charge in [-0.15, -0.1) is 0 Å². The van der Waals surface area contributed by atoms with Crippen LogP contribution in [0.4, 0.5) is 13.2 Å². The summed E-state index contributed by atoms with van der Waals surface area (Å²) in [5, 5.41) is 3.14. The zero-order valence-electron chi connectivity index (χ0n) is 6.55. The molecule has 0 aliphatic carbocycles. The highest BCUT2D eigenvalue weighted by atomic mass is 19.4. The minimum atomic E-state index is -4.32. The maximum Gasteiger partial charge on any atom is 0.416 e. The summed E-state index contributed by atoms with van der Waals surface area (Å²) in [4.78, 5) is 0. The maximum atomic E-state index is 12.1. The molecule has 0 amide bonds. The molecular formula is C8H7F3N2. The van der Waals surface area contributed by atoms with Crippen molar-refractivity contribution in [2.75, 3.05) is 0 Å². The first-order chi connectivity index (χ1) is 6.04. The number of hydrazone groups is 1. The lowest BCUT2D eigenvalue weighted by atomic mass is 10.1. The molecule has 2 nitrogen and oxygen atoms in total. The summed E-state index contributed by atoms with van der Waals surface area (Å²) in [6, 6.07) is 4.77. The fourth-order valence-electron chi connectivity index (χ4n) is 0.881. The van der Waals surface area contributed by atoms with Crippen LogP contribution in [0.2, 0.25) is 0 Å². The van der Waals surface area contributed by atoms with E-state index in [1.807, 2.05) is 0 Å². The van der Waals surface area contributed by atoms with Gasteiger partial charge < -0.3 is 5.84 Å². The smallest absolute Gasteiger partial charge is 0.323 e. The van der Waals surface area contributed by atoms with Crippen molar-refractivity contribution < 1.29 is 13.2 Å². The Morgan fingerprint density at radius 2 is 2.00 bits per heavy atom. The normalized spacial score (nSPS) is 12.2. The van der Waals surface area contributed by atoms with Crippen molar-refractivity contribution in [1.29, 1.82) is 0 Å². The van der Waals surface area contributed by atoms with Gasteiger partial charge in [0.2, 0.25) is 0 Å². The number of hydrogen-bond donors (Lipinski definition) is 1. The molecule has 0 fully saturated rings. The van der Waals surface area contributed by atoms with Crippen LogP contribution in [0.5, 0.6) is 0 Å². The van der Waals surface area contributed by atoms with Gasteiger partial charge in [-0.25, -0.2) is 0 Å². The number of nitrogens with two attached hydrogens (primary N) is 1. The van der Waals surface area contributed by atoms with Crippen LogP contribution in [0.25, 0.3) is 0 Å². The first-order valence-electron chi connectivity index (χ1n) is 3.44. The first-order valence-corrected chi connectivity index (χ1v) is 3.44. The third-order valence-corrected chi connectivity index (χ3v) is 1.44. The molecule has 0 aliphatic heterocycles. The molecule has 0 aliphatic rings.